The van der Waals surface area contributed by atoms with E-state index in [0.29, 0.717) is 17.0 Å². The third kappa shape index (κ3) is 2.08. The minimum Gasteiger partial charge on any atom is -0.294 e. The summed E-state index contributed by atoms with van der Waals surface area (Å²) in [7, 11) is 0. The Hall–Kier alpha value is -1.11. The zero-order chi connectivity index (χ0) is 18.5. The molecule has 1 aromatic rings. The molecule has 0 N–H and O–H groups in total. The second-order valence-electron chi connectivity index (χ2n) is 7.50. The Morgan fingerprint density at radius 2 is 1.59 bits per heavy atom. The highest BCUT2D eigenvalue weighted by Crippen LogP contribution is 2.61. The number of hydrogen-bond donors (Lipinski definition) is 0. The Balaban J connectivity index is 1.87. The molecule has 0 unspecified atom stereocenters. The van der Waals surface area contributed by atoms with Gasteiger partial charge >= 0.3 is 0 Å². The fourth-order valence-electron chi connectivity index (χ4n) is 5.51. The van der Waals surface area contributed by atoms with Gasteiger partial charge in [-0.1, -0.05) is 69.1 Å². The first kappa shape index (κ1) is 10.6. The molecule has 1 heteroatoms. The van der Waals surface area contributed by atoms with Gasteiger partial charge in [0.1, 0.15) is 0 Å². The first-order valence-corrected chi connectivity index (χ1v) is 9.15. The number of hydrogen-bond acceptors (Lipinski definition) is 1. The molecular formula is C21H28O. The van der Waals surface area contributed by atoms with Gasteiger partial charge in [-0.15, -0.1) is 0 Å². The molecule has 0 amide bonds. The van der Waals surface area contributed by atoms with Crippen molar-refractivity contribution >= 4 is 5.78 Å². The lowest BCUT2D eigenvalue weighted by atomic mass is 9.57. The molecule has 1 nitrogen and oxygen atoms in total. The van der Waals surface area contributed by atoms with Crippen LogP contribution < -0.4 is 0 Å². The molecule has 1 aromatic carbocycles. The fraction of sp³-hybridized carbons (Fsp3) is 0.667. The summed E-state index contributed by atoms with van der Waals surface area (Å²) in [6, 6.07) is -0.506. The summed E-state index contributed by atoms with van der Waals surface area (Å²) < 4.78 is 32.9. The first-order chi connectivity index (χ1) is 12.5. The second kappa shape index (κ2) is 5.83. The lowest BCUT2D eigenvalue weighted by Crippen LogP contribution is -2.41. The highest BCUT2D eigenvalue weighted by molar-refractivity contribution is 6.06. The van der Waals surface area contributed by atoms with Crippen LogP contribution in [-0.2, 0) is 0 Å². The molecule has 118 valence electrons. The Morgan fingerprint density at radius 1 is 0.909 bits per heavy atom. The summed E-state index contributed by atoms with van der Waals surface area (Å²) in [6.45, 7) is 0. The van der Waals surface area contributed by atoms with E-state index in [9.17, 15) is 4.79 Å². The number of fused-ring (bicyclic) bond motifs is 3. The van der Waals surface area contributed by atoms with Crippen molar-refractivity contribution in [2.24, 2.45) is 11.3 Å². The molecule has 2 saturated carbocycles. The molecular weight excluding hydrogens is 268 g/mol. The van der Waals surface area contributed by atoms with Crippen LogP contribution in [0.2, 0.25) is 0 Å². The highest BCUT2D eigenvalue weighted by atomic mass is 16.1. The van der Waals surface area contributed by atoms with Gasteiger partial charge < -0.3 is 0 Å². The summed E-state index contributed by atoms with van der Waals surface area (Å²) in [6.07, 6.45) is 12.1. The third-order valence-electron chi connectivity index (χ3n) is 6.50. The van der Waals surface area contributed by atoms with Crippen LogP contribution in [0, 0.1) is 11.3 Å². The third-order valence-corrected chi connectivity index (χ3v) is 6.50. The topological polar surface area (TPSA) is 17.1 Å². The van der Waals surface area contributed by atoms with Crippen LogP contribution in [0.15, 0.2) is 24.2 Å². The van der Waals surface area contributed by atoms with Gasteiger partial charge in [0, 0.05) is 11.0 Å². The van der Waals surface area contributed by atoms with E-state index < -0.39 is 5.41 Å². The predicted molar refractivity (Wildman–Crippen MR) is 90.2 cm³/mol. The van der Waals surface area contributed by atoms with Crippen LogP contribution in [0.25, 0.3) is 0 Å². The second-order valence-corrected chi connectivity index (χ2v) is 7.50. The Bertz CT molecular complexity index is 736. The smallest absolute Gasteiger partial charge is 0.170 e. The molecule has 0 aromatic heterocycles. The van der Waals surface area contributed by atoms with Gasteiger partial charge in [-0.3, -0.25) is 4.79 Å². The van der Waals surface area contributed by atoms with Crippen molar-refractivity contribution in [3.05, 3.63) is 35.3 Å². The summed E-state index contributed by atoms with van der Waals surface area (Å²) in [4.78, 5) is 13.7. The van der Waals surface area contributed by atoms with E-state index in [2.05, 4.69) is 0 Å². The largest absolute Gasteiger partial charge is 0.294 e. The average Bonchev–Trinajstić information content (AvgIpc) is 2.88. The molecule has 0 bridgehead atoms. The lowest BCUT2D eigenvalue weighted by molar-refractivity contribution is 0.0429. The van der Waals surface area contributed by atoms with E-state index in [-0.39, 0.29) is 35.9 Å². The van der Waals surface area contributed by atoms with Crippen LogP contribution in [0.3, 0.4) is 0 Å². The van der Waals surface area contributed by atoms with E-state index in [1.54, 1.807) is 0 Å². The Labute approximate surface area is 140 Å². The molecule has 3 aliphatic rings. The summed E-state index contributed by atoms with van der Waals surface area (Å²) in [5.41, 5.74) is 0.497. The predicted octanol–water partition coefficient (Wildman–Crippen LogP) is 5.89. The number of ketones is 1. The maximum Gasteiger partial charge on any atom is 0.170 e. The molecule has 4 rings (SSSR count). The van der Waals surface area contributed by atoms with Crippen molar-refractivity contribution in [2.45, 2.75) is 76.5 Å². The van der Waals surface area contributed by atoms with Gasteiger partial charge in [-0.25, -0.2) is 0 Å². The summed E-state index contributed by atoms with van der Waals surface area (Å²) in [5.74, 6) is 0.356. The quantitative estimate of drug-likeness (QED) is 0.632. The maximum atomic E-state index is 13.7. The minimum atomic E-state index is -0.468. The van der Waals surface area contributed by atoms with E-state index >= 15 is 0 Å². The summed E-state index contributed by atoms with van der Waals surface area (Å²) in [5, 5.41) is 0. The van der Waals surface area contributed by atoms with E-state index in [4.69, 9.17) is 5.48 Å². The zero-order valence-electron chi connectivity index (χ0n) is 17.3. The SMILES string of the molecule is [2H]c1c([2H])c([2H])c2c(c1[2H])C(=O)[C@@]1(C3CCCCCCC3)CCCC[C@@H]21. The molecule has 0 heterocycles. The maximum absolute atomic E-state index is 13.7. The number of rotatable bonds is 1. The molecule has 0 saturated heterocycles. The zero-order valence-corrected chi connectivity index (χ0v) is 13.3. The highest BCUT2D eigenvalue weighted by Gasteiger charge is 2.56. The minimum absolute atomic E-state index is 0.00974. The molecule has 0 aliphatic heterocycles. The van der Waals surface area contributed by atoms with Gasteiger partial charge in [0.05, 0.1) is 5.48 Å². The van der Waals surface area contributed by atoms with Crippen molar-refractivity contribution in [1.29, 1.82) is 0 Å². The van der Waals surface area contributed by atoms with Gasteiger partial charge in [-0.05, 0) is 43.1 Å². The van der Waals surface area contributed by atoms with Gasteiger partial charge in [0.2, 0.25) is 0 Å². The monoisotopic (exact) mass is 300 g/mol. The molecule has 0 spiro atoms. The number of Topliss-reactive ketones (excluding diaryl/α,β-unsaturated/α-hetero) is 1. The van der Waals surface area contributed by atoms with Crippen molar-refractivity contribution in [3.8, 4) is 0 Å². The Kier molecular flexibility index (Phi) is 2.82. The molecule has 0 radical (unpaired) electrons. The van der Waals surface area contributed by atoms with Crippen LogP contribution in [0.5, 0.6) is 0 Å². The molecule has 2 atom stereocenters. The van der Waals surface area contributed by atoms with Gasteiger partial charge in [-0.2, -0.15) is 0 Å². The van der Waals surface area contributed by atoms with E-state index in [1.807, 2.05) is 0 Å². The average molecular weight is 300 g/mol. The van der Waals surface area contributed by atoms with Crippen molar-refractivity contribution in [3.63, 3.8) is 0 Å². The first-order valence-electron chi connectivity index (χ1n) is 11.1. The number of carbonyl (C=O) groups is 1. The number of carbonyl (C=O) groups excluding carboxylic acids is 1. The summed E-state index contributed by atoms with van der Waals surface area (Å²) >= 11 is 0. The lowest BCUT2D eigenvalue weighted by Gasteiger charge is -2.45. The molecule has 3 aliphatic carbocycles. The Morgan fingerprint density at radius 3 is 2.41 bits per heavy atom. The van der Waals surface area contributed by atoms with Crippen LogP contribution in [0.1, 0.15) is 98.0 Å². The van der Waals surface area contributed by atoms with Gasteiger partial charge in [0.15, 0.2) is 5.78 Å². The van der Waals surface area contributed by atoms with Crippen molar-refractivity contribution < 1.29 is 10.3 Å². The normalized spacial score (nSPS) is 35.5. The van der Waals surface area contributed by atoms with Crippen molar-refractivity contribution in [2.75, 3.05) is 0 Å². The standard InChI is InChI=1S/C21H28O/c22-20-18-13-7-6-12-17(18)19-14-8-9-15-21(19,20)16-10-4-2-1-3-5-11-16/h6-7,12-13,16,19H,1-5,8-11,14-15H2/t19-,21+/m0/s1/i6D,7D,12D,13D. The van der Waals surface area contributed by atoms with Crippen LogP contribution >= 0.6 is 0 Å². The van der Waals surface area contributed by atoms with Crippen LogP contribution in [0.4, 0.5) is 0 Å². The molecule has 22 heavy (non-hydrogen) atoms. The van der Waals surface area contributed by atoms with Crippen LogP contribution in [-0.4, -0.2) is 5.78 Å². The fourth-order valence-corrected chi connectivity index (χ4v) is 5.51. The molecule has 2 fully saturated rings. The van der Waals surface area contributed by atoms with E-state index in [0.717, 1.165) is 51.4 Å². The van der Waals surface area contributed by atoms with E-state index in [1.165, 1.54) is 19.3 Å². The van der Waals surface area contributed by atoms with Crippen molar-refractivity contribution in [1.82, 2.24) is 0 Å². The van der Waals surface area contributed by atoms with Gasteiger partial charge in [0.25, 0.3) is 0 Å². The number of benzene rings is 1.